The minimum atomic E-state index is -0.399. The summed E-state index contributed by atoms with van der Waals surface area (Å²) >= 11 is 0. The molecule has 1 aromatic heterocycles. The lowest BCUT2D eigenvalue weighted by Gasteiger charge is -2.16. The lowest BCUT2D eigenvalue weighted by Crippen LogP contribution is -2.29. The number of carbonyl (C=O) groups excluding carboxylic acids is 1. The van der Waals surface area contributed by atoms with Crippen molar-refractivity contribution in [2.75, 3.05) is 20.2 Å². The Kier molecular flexibility index (Phi) is 4.13. The van der Waals surface area contributed by atoms with Crippen LogP contribution < -0.4 is 4.74 Å². The number of benzene rings is 1. The first-order chi connectivity index (χ1) is 11.0. The lowest BCUT2D eigenvalue weighted by atomic mass is 10.2. The van der Waals surface area contributed by atoms with E-state index in [1.54, 1.807) is 12.0 Å². The molecule has 1 amide bonds. The van der Waals surface area contributed by atoms with Gasteiger partial charge in [-0.1, -0.05) is 0 Å². The summed E-state index contributed by atoms with van der Waals surface area (Å²) < 4.78 is 7.26. The predicted octanol–water partition coefficient (Wildman–Crippen LogP) is 2.31. The molecule has 1 aliphatic rings. The molecule has 1 fully saturated rings. The number of aryl methyl sites for hydroxylation is 1. The number of aliphatic hydroxyl groups is 1. The second kappa shape index (κ2) is 6.08. The first-order valence-electron chi connectivity index (χ1n) is 7.82. The van der Waals surface area contributed by atoms with E-state index in [4.69, 9.17) is 4.74 Å². The zero-order valence-corrected chi connectivity index (χ0v) is 13.7. The Hall–Kier alpha value is -2.27. The number of ether oxygens (including phenoxy) is 1. The van der Waals surface area contributed by atoms with E-state index in [2.05, 4.69) is 4.57 Å². The van der Waals surface area contributed by atoms with Gasteiger partial charge in [0, 0.05) is 30.2 Å². The number of amides is 1. The number of β-amino-alcohol motifs (C(OH)–C–C–N with tert-alkyl or cyclic N) is 1. The molecule has 0 aliphatic carbocycles. The van der Waals surface area contributed by atoms with Crippen LogP contribution in [0.25, 0.3) is 5.69 Å². The summed E-state index contributed by atoms with van der Waals surface area (Å²) in [4.78, 5) is 14.4. The van der Waals surface area contributed by atoms with E-state index < -0.39 is 6.10 Å². The van der Waals surface area contributed by atoms with Crippen molar-refractivity contribution in [3.63, 3.8) is 0 Å². The molecule has 5 heteroatoms. The Labute approximate surface area is 136 Å². The monoisotopic (exact) mass is 314 g/mol. The highest BCUT2D eigenvalue weighted by atomic mass is 16.5. The Bertz CT molecular complexity index is 719. The van der Waals surface area contributed by atoms with Crippen molar-refractivity contribution in [1.29, 1.82) is 0 Å². The molecule has 1 aromatic carbocycles. The molecule has 0 unspecified atom stereocenters. The minimum absolute atomic E-state index is 0.00517. The van der Waals surface area contributed by atoms with Crippen molar-refractivity contribution in [1.82, 2.24) is 9.47 Å². The van der Waals surface area contributed by atoms with Crippen LogP contribution in [0.3, 0.4) is 0 Å². The Balaban J connectivity index is 1.94. The first kappa shape index (κ1) is 15.6. The van der Waals surface area contributed by atoms with E-state index >= 15 is 0 Å². The Morgan fingerprint density at radius 2 is 1.96 bits per heavy atom. The zero-order chi connectivity index (χ0) is 16.6. The summed E-state index contributed by atoms with van der Waals surface area (Å²) in [6, 6.07) is 9.70. The number of aromatic nitrogens is 1. The highest BCUT2D eigenvalue weighted by molar-refractivity contribution is 5.96. The number of aliphatic hydroxyl groups excluding tert-OH is 1. The van der Waals surface area contributed by atoms with E-state index in [-0.39, 0.29) is 5.91 Å². The van der Waals surface area contributed by atoms with E-state index in [9.17, 15) is 9.90 Å². The molecule has 122 valence electrons. The van der Waals surface area contributed by atoms with Crippen LogP contribution in [-0.4, -0.2) is 46.8 Å². The fourth-order valence-electron chi connectivity index (χ4n) is 3.20. The standard InChI is InChI=1S/C18H22N2O3/c1-12-10-17(18(22)19-9-8-15(21)11-19)13(2)20(12)14-4-6-16(23-3)7-5-14/h4-7,10,15,21H,8-9,11H2,1-3H3/t15-/m1/s1. The third kappa shape index (κ3) is 2.84. The molecule has 1 atom stereocenters. The molecule has 2 heterocycles. The number of nitrogens with zero attached hydrogens (tertiary/aromatic N) is 2. The summed E-state index contributed by atoms with van der Waals surface area (Å²) in [6.07, 6.45) is 0.257. The van der Waals surface area contributed by atoms with Crippen LogP contribution in [0.15, 0.2) is 30.3 Å². The maximum absolute atomic E-state index is 12.7. The molecular formula is C18H22N2O3. The summed E-state index contributed by atoms with van der Waals surface area (Å²) in [5, 5.41) is 9.64. The van der Waals surface area contributed by atoms with Crippen LogP contribution >= 0.6 is 0 Å². The second-order valence-corrected chi connectivity index (χ2v) is 6.01. The molecule has 1 saturated heterocycles. The fourth-order valence-corrected chi connectivity index (χ4v) is 3.20. The van der Waals surface area contributed by atoms with Gasteiger partial charge >= 0.3 is 0 Å². The Morgan fingerprint density at radius 1 is 1.26 bits per heavy atom. The van der Waals surface area contributed by atoms with Gasteiger partial charge in [0.15, 0.2) is 0 Å². The van der Waals surface area contributed by atoms with E-state index in [0.29, 0.717) is 25.1 Å². The molecule has 5 nitrogen and oxygen atoms in total. The van der Waals surface area contributed by atoms with Crippen molar-refractivity contribution in [3.8, 4) is 11.4 Å². The first-order valence-corrected chi connectivity index (χ1v) is 7.82. The number of likely N-dealkylation sites (tertiary alicyclic amines) is 1. The highest BCUT2D eigenvalue weighted by Gasteiger charge is 2.28. The summed E-state index contributed by atoms with van der Waals surface area (Å²) in [7, 11) is 1.64. The summed E-state index contributed by atoms with van der Waals surface area (Å²) in [5.41, 5.74) is 3.63. The minimum Gasteiger partial charge on any atom is -0.497 e. The van der Waals surface area contributed by atoms with Crippen molar-refractivity contribution in [2.24, 2.45) is 0 Å². The molecule has 0 bridgehead atoms. The largest absolute Gasteiger partial charge is 0.497 e. The molecule has 1 aliphatic heterocycles. The number of rotatable bonds is 3. The Morgan fingerprint density at radius 3 is 2.52 bits per heavy atom. The number of hydrogen-bond donors (Lipinski definition) is 1. The average Bonchev–Trinajstić information content (AvgIpc) is 3.10. The smallest absolute Gasteiger partial charge is 0.255 e. The molecule has 1 N–H and O–H groups in total. The molecule has 23 heavy (non-hydrogen) atoms. The van der Waals surface area contributed by atoms with E-state index in [0.717, 1.165) is 22.8 Å². The van der Waals surface area contributed by atoms with E-state index in [1.165, 1.54) is 0 Å². The van der Waals surface area contributed by atoms with Gasteiger partial charge in [0.05, 0.1) is 18.8 Å². The van der Waals surface area contributed by atoms with Crippen molar-refractivity contribution in [2.45, 2.75) is 26.4 Å². The summed E-state index contributed by atoms with van der Waals surface area (Å²) in [5.74, 6) is 0.799. The van der Waals surface area contributed by atoms with Crippen LogP contribution in [-0.2, 0) is 0 Å². The SMILES string of the molecule is COc1ccc(-n2c(C)cc(C(=O)N3CC[C@@H](O)C3)c2C)cc1. The van der Waals surface area contributed by atoms with E-state index in [1.807, 2.05) is 44.2 Å². The molecule has 0 spiro atoms. The van der Waals surface area contributed by atoms with Gasteiger partial charge < -0.3 is 19.3 Å². The van der Waals surface area contributed by atoms with Gasteiger partial charge in [-0.3, -0.25) is 4.79 Å². The van der Waals surface area contributed by atoms with Gasteiger partial charge in [-0.05, 0) is 50.6 Å². The third-order valence-electron chi connectivity index (χ3n) is 4.44. The lowest BCUT2D eigenvalue weighted by molar-refractivity contribution is 0.0764. The number of methoxy groups -OCH3 is 1. The van der Waals surface area contributed by atoms with Gasteiger partial charge in [-0.15, -0.1) is 0 Å². The second-order valence-electron chi connectivity index (χ2n) is 6.01. The van der Waals surface area contributed by atoms with Gasteiger partial charge in [-0.2, -0.15) is 0 Å². The van der Waals surface area contributed by atoms with Crippen molar-refractivity contribution in [3.05, 3.63) is 47.3 Å². The maximum atomic E-state index is 12.7. The van der Waals surface area contributed by atoms with Crippen LogP contribution in [0, 0.1) is 13.8 Å². The van der Waals surface area contributed by atoms with Gasteiger partial charge in [-0.25, -0.2) is 0 Å². The summed E-state index contributed by atoms with van der Waals surface area (Å²) in [6.45, 7) is 4.99. The number of carbonyl (C=O) groups is 1. The molecule has 3 rings (SSSR count). The van der Waals surface area contributed by atoms with Gasteiger partial charge in [0.2, 0.25) is 0 Å². The quantitative estimate of drug-likeness (QED) is 0.946. The van der Waals surface area contributed by atoms with Crippen LogP contribution in [0.1, 0.15) is 28.2 Å². The average molecular weight is 314 g/mol. The molecular weight excluding hydrogens is 292 g/mol. The molecule has 0 saturated carbocycles. The topological polar surface area (TPSA) is 54.7 Å². The fraction of sp³-hybridized carbons (Fsp3) is 0.389. The van der Waals surface area contributed by atoms with Gasteiger partial charge in [0.25, 0.3) is 5.91 Å². The van der Waals surface area contributed by atoms with Gasteiger partial charge in [0.1, 0.15) is 5.75 Å². The van der Waals surface area contributed by atoms with Crippen molar-refractivity contribution >= 4 is 5.91 Å². The molecule has 0 radical (unpaired) electrons. The van der Waals surface area contributed by atoms with Crippen LogP contribution in [0.4, 0.5) is 0 Å². The number of hydrogen-bond acceptors (Lipinski definition) is 3. The highest BCUT2D eigenvalue weighted by Crippen LogP contribution is 2.24. The third-order valence-corrected chi connectivity index (χ3v) is 4.44. The van der Waals surface area contributed by atoms with Crippen LogP contribution in [0.5, 0.6) is 5.75 Å². The maximum Gasteiger partial charge on any atom is 0.255 e. The zero-order valence-electron chi connectivity index (χ0n) is 13.7. The predicted molar refractivity (Wildman–Crippen MR) is 88.3 cm³/mol. The molecule has 2 aromatic rings. The van der Waals surface area contributed by atoms with Crippen molar-refractivity contribution < 1.29 is 14.6 Å². The van der Waals surface area contributed by atoms with Crippen LogP contribution in [0.2, 0.25) is 0 Å². The normalized spacial score (nSPS) is 17.6.